The molecule has 1 unspecified atom stereocenters. The third kappa shape index (κ3) is 3.22. The fourth-order valence-corrected chi connectivity index (χ4v) is 2.59. The number of nitrogens with one attached hydrogen (secondary N) is 2. The maximum absolute atomic E-state index is 12.7. The minimum Gasteiger partial charge on any atom is -0.483 e. The second kappa shape index (κ2) is 6.69. The molecule has 2 aromatic rings. The van der Waals surface area contributed by atoms with Gasteiger partial charge in [-0.15, -0.1) is 0 Å². The van der Waals surface area contributed by atoms with Crippen LogP contribution in [0.3, 0.4) is 0 Å². The largest absolute Gasteiger partial charge is 0.483 e. The first-order valence-electron chi connectivity index (χ1n) is 7.48. The van der Waals surface area contributed by atoms with E-state index in [2.05, 4.69) is 10.6 Å². The van der Waals surface area contributed by atoms with Gasteiger partial charge in [-0.2, -0.15) is 5.48 Å². The van der Waals surface area contributed by atoms with Crippen molar-refractivity contribution < 1.29 is 25.0 Å². The molecule has 24 heavy (non-hydrogen) atoms. The number of para-hydroxylation sites is 1. The van der Waals surface area contributed by atoms with Gasteiger partial charge in [-0.25, -0.2) is 5.21 Å². The smallest absolute Gasteiger partial charge is 0.258 e. The van der Waals surface area contributed by atoms with Gasteiger partial charge in [0.1, 0.15) is 11.8 Å². The van der Waals surface area contributed by atoms with Crippen molar-refractivity contribution in [3.05, 3.63) is 53.6 Å². The van der Waals surface area contributed by atoms with Gasteiger partial charge >= 0.3 is 0 Å². The minimum absolute atomic E-state index is 0.122. The van der Waals surface area contributed by atoms with Gasteiger partial charge in [0.25, 0.3) is 11.8 Å². The lowest BCUT2D eigenvalue weighted by molar-refractivity contribution is -0.825. The van der Waals surface area contributed by atoms with E-state index in [1.165, 1.54) is 0 Å². The van der Waals surface area contributed by atoms with Gasteiger partial charge in [0.2, 0.25) is 0 Å². The lowest BCUT2D eigenvalue weighted by Crippen LogP contribution is -2.73. The van der Waals surface area contributed by atoms with Gasteiger partial charge in [-0.3, -0.25) is 9.59 Å². The molecule has 7 nitrogen and oxygen atoms in total. The zero-order valence-corrected chi connectivity index (χ0v) is 13.1. The van der Waals surface area contributed by atoms with Crippen LogP contribution in [0.2, 0.25) is 0 Å². The second-order valence-corrected chi connectivity index (χ2v) is 5.52. The van der Waals surface area contributed by atoms with E-state index < -0.39 is 6.04 Å². The lowest BCUT2D eigenvalue weighted by Gasteiger charge is -2.18. The quantitative estimate of drug-likeness (QED) is 0.493. The Morgan fingerprint density at radius 3 is 2.75 bits per heavy atom. The van der Waals surface area contributed by atoms with Crippen LogP contribution in [0.25, 0.3) is 0 Å². The van der Waals surface area contributed by atoms with E-state index in [1.807, 2.05) is 19.1 Å². The van der Waals surface area contributed by atoms with Gasteiger partial charge in [-0.05, 0) is 24.6 Å². The third-order valence-electron chi connectivity index (χ3n) is 3.80. The molecule has 124 valence electrons. The molecule has 0 fully saturated rings. The second-order valence-electron chi connectivity index (χ2n) is 5.52. The number of aryl methyl sites for hydroxylation is 1. The van der Waals surface area contributed by atoms with Crippen molar-refractivity contribution in [3.8, 4) is 5.75 Å². The van der Waals surface area contributed by atoms with Crippen molar-refractivity contribution in [2.24, 2.45) is 0 Å². The summed E-state index contributed by atoms with van der Waals surface area (Å²) in [4.78, 5) is 24.5. The molecule has 1 aliphatic rings. The highest BCUT2D eigenvalue weighted by atomic mass is 16.5. The molecular weight excluding hydrogens is 310 g/mol. The van der Waals surface area contributed by atoms with Gasteiger partial charge in [0, 0.05) is 23.4 Å². The molecule has 5 N–H and O–H groups in total. The molecule has 0 spiro atoms. The van der Waals surface area contributed by atoms with Crippen molar-refractivity contribution in [3.63, 3.8) is 0 Å². The fraction of sp³-hybridized carbons (Fsp3) is 0.176. The van der Waals surface area contributed by atoms with Gasteiger partial charge < -0.3 is 15.4 Å². The minimum atomic E-state index is -0.834. The van der Waals surface area contributed by atoms with Gasteiger partial charge in [-0.1, -0.05) is 18.2 Å². The highest BCUT2D eigenvalue weighted by Crippen LogP contribution is 2.31. The van der Waals surface area contributed by atoms with Crippen LogP contribution in [0, 0.1) is 6.92 Å². The first kappa shape index (κ1) is 16.0. The number of ether oxygens (including phenoxy) is 1. The van der Waals surface area contributed by atoms with E-state index in [0.29, 0.717) is 22.7 Å². The number of hydrogen-bond donors (Lipinski definition) is 4. The Labute approximate surface area is 138 Å². The summed E-state index contributed by atoms with van der Waals surface area (Å²) < 4.78 is 5.53. The number of hydrogen-bond acceptors (Lipinski definition) is 4. The van der Waals surface area contributed by atoms with E-state index in [-0.39, 0.29) is 18.4 Å². The van der Waals surface area contributed by atoms with E-state index >= 15 is 0 Å². The van der Waals surface area contributed by atoms with Crippen LogP contribution in [0.5, 0.6) is 5.75 Å². The first-order valence-corrected chi connectivity index (χ1v) is 7.48. The highest BCUT2D eigenvalue weighted by molar-refractivity contribution is 5.99. The van der Waals surface area contributed by atoms with Crippen molar-refractivity contribution >= 4 is 23.2 Å². The molecule has 0 saturated carbocycles. The topological polar surface area (TPSA) is 104 Å². The van der Waals surface area contributed by atoms with Crippen LogP contribution in [-0.4, -0.2) is 23.6 Å². The predicted molar refractivity (Wildman–Crippen MR) is 86.0 cm³/mol. The van der Waals surface area contributed by atoms with E-state index in [9.17, 15) is 9.59 Å². The van der Waals surface area contributed by atoms with E-state index in [1.54, 1.807) is 30.3 Å². The summed E-state index contributed by atoms with van der Waals surface area (Å²) in [5.41, 5.74) is 3.67. The van der Waals surface area contributed by atoms with E-state index in [0.717, 1.165) is 11.0 Å². The highest BCUT2D eigenvalue weighted by Gasteiger charge is 2.29. The first-order chi connectivity index (χ1) is 11.6. The van der Waals surface area contributed by atoms with Crippen molar-refractivity contribution in [2.45, 2.75) is 13.0 Å². The number of nitrogens with two attached hydrogens (primary N) is 1. The van der Waals surface area contributed by atoms with Crippen LogP contribution >= 0.6 is 0 Å². The molecule has 3 rings (SSSR count). The van der Waals surface area contributed by atoms with Crippen LogP contribution in [-0.2, 0) is 9.59 Å². The standard InChI is InChI=1S/C17H17N3O4/c1-10-3-2-4-13-15(19-14(21)9-24-16(10)13)17(22)18-11-5-7-12(20-23)8-6-11/h2-8,15,20,23H,9H2,1H3,(H,18,22)(H,19,21)/p+1. The number of fused-ring (bicyclic) bond motifs is 1. The summed E-state index contributed by atoms with van der Waals surface area (Å²) in [5.74, 6) is -0.154. The number of amides is 2. The molecule has 2 aromatic carbocycles. The summed E-state index contributed by atoms with van der Waals surface area (Å²) >= 11 is 0. The molecule has 0 radical (unpaired) electrons. The summed E-state index contributed by atoms with van der Waals surface area (Å²) in [7, 11) is 0. The van der Waals surface area contributed by atoms with Crippen LogP contribution in [0.1, 0.15) is 17.2 Å². The number of rotatable bonds is 3. The SMILES string of the molecule is Cc1cccc2c1OCC(=O)NC2C(=O)Nc1ccc([NH2+]O)cc1. The summed E-state index contributed by atoms with van der Waals surface area (Å²) in [6, 6.07) is 11.3. The van der Waals surface area contributed by atoms with Crippen molar-refractivity contribution in [2.75, 3.05) is 11.9 Å². The number of benzene rings is 2. The Morgan fingerprint density at radius 2 is 2.04 bits per heavy atom. The molecule has 1 atom stereocenters. The Hall–Kier alpha value is -2.90. The average Bonchev–Trinajstić information content (AvgIpc) is 2.76. The number of carbonyl (C=O) groups is 2. The molecule has 0 aromatic heterocycles. The molecule has 1 heterocycles. The molecule has 0 bridgehead atoms. The number of anilines is 1. The van der Waals surface area contributed by atoms with Gasteiger partial charge in [0.05, 0.1) is 0 Å². The van der Waals surface area contributed by atoms with E-state index in [4.69, 9.17) is 9.94 Å². The average molecular weight is 328 g/mol. The summed E-state index contributed by atoms with van der Waals surface area (Å²) in [5, 5.41) is 14.4. The zero-order valence-electron chi connectivity index (χ0n) is 13.1. The van der Waals surface area contributed by atoms with Crippen LogP contribution in [0.15, 0.2) is 42.5 Å². The Morgan fingerprint density at radius 1 is 1.29 bits per heavy atom. The molecule has 7 heteroatoms. The Balaban J connectivity index is 1.87. The summed E-state index contributed by atoms with van der Waals surface area (Å²) in [6.45, 7) is 1.75. The Kier molecular flexibility index (Phi) is 4.45. The van der Waals surface area contributed by atoms with Crippen LogP contribution in [0.4, 0.5) is 11.4 Å². The maximum atomic E-state index is 12.7. The zero-order chi connectivity index (χ0) is 17.1. The molecule has 0 aliphatic carbocycles. The van der Waals surface area contributed by atoms with Crippen LogP contribution < -0.4 is 20.9 Å². The number of quaternary nitrogens is 1. The third-order valence-corrected chi connectivity index (χ3v) is 3.80. The number of carbonyl (C=O) groups excluding carboxylic acids is 2. The lowest BCUT2D eigenvalue weighted by atomic mass is 10.0. The molecular formula is C17H18N3O4+. The predicted octanol–water partition coefficient (Wildman–Crippen LogP) is 0.768. The maximum Gasteiger partial charge on any atom is 0.258 e. The molecule has 0 saturated heterocycles. The molecule has 1 aliphatic heterocycles. The normalized spacial score (nSPS) is 16.4. The summed E-state index contributed by atoms with van der Waals surface area (Å²) in [6.07, 6.45) is 0. The Bertz CT molecular complexity index is 774. The van der Waals surface area contributed by atoms with Crippen molar-refractivity contribution in [1.82, 2.24) is 5.32 Å². The van der Waals surface area contributed by atoms with Gasteiger partial charge in [0.15, 0.2) is 12.3 Å². The molecule has 2 amide bonds. The fourth-order valence-electron chi connectivity index (χ4n) is 2.59. The monoisotopic (exact) mass is 328 g/mol. The van der Waals surface area contributed by atoms with Crippen molar-refractivity contribution in [1.29, 1.82) is 0 Å².